The Morgan fingerprint density at radius 1 is 1.18 bits per heavy atom. The summed E-state index contributed by atoms with van der Waals surface area (Å²) in [7, 11) is 4.76. The predicted octanol–water partition coefficient (Wildman–Crippen LogP) is 1.29. The molecule has 0 saturated carbocycles. The molecule has 0 aliphatic heterocycles. The van der Waals surface area contributed by atoms with Gasteiger partial charge < -0.3 is 24.5 Å². The Labute approximate surface area is 166 Å². The van der Waals surface area contributed by atoms with Gasteiger partial charge in [0, 0.05) is 25.8 Å². The van der Waals surface area contributed by atoms with Gasteiger partial charge in [-0.15, -0.1) is 10.2 Å². The summed E-state index contributed by atoms with van der Waals surface area (Å²) in [4.78, 5) is 22.5. The minimum absolute atomic E-state index is 0.0166. The number of imide groups is 1. The molecule has 152 valence electrons. The number of hydrogen-bond donors (Lipinski definition) is 2. The quantitative estimate of drug-likeness (QED) is 0.443. The topological polar surface area (TPSA) is 131 Å². The molecule has 1 aromatic carbocycles. The molecule has 0 atom stereocenters. The van der Waals surface area contributed by atoms with Crippen molar-refractivity contribution < 1.29 is 23.8 Å². The number of primary amides is 1. The molecule has 0 unspecified atom stereocenters. The van der Waals surface area contributed by atoms with Gasteiger partial charge in [0.15, 0.2) is 22.5 Å². The molecule has 3 amide bonds. The lowest BCUT2D eigenvalue weighted by molar-refractivity contribution is -0.117. The van der Waals surface area contributed by atoms with Crippen LogP contribution in [0, 0.1) is 0 Å². The average Bonchev–Trinajstić information content (AvgIpc) is 3.08. The maximum atomic E-state index is 11.7. The van der Waals surface area contributed by atoms with E-state index in [1.54, 1.807) is 27.4 Å². The zero-order valence-corrected chi connectivity index (χ0v) is 16.7. The molecule has 10 nitrogen and oxygen atoms in total. The highest BCUT2D eigenvalue weighted by atomic mass is 32.2. The first-order valence-electron chi connectivity index (χ1n) is 8.36. The summed E-state index contributed by atoms with van der Waals surface area (Å²) >= 11 is 1.16. The lowest BCUT2D eigenvalue weighted by Crippen LogP contribution is -2.36. The van der Waals surface area contributed by atoms with Gasteiger partial charge in [-0.05, 0) is 24.6 Å². The normalized spacial score (nSPS) is 10.5. The number of carbonyl (C=O) groups excluding carboxylic acids is 2. The van der Waals surface area contributed by atoms with Crippen molar-refractivity contribution in [1.82, 2.24) is 20.1 Å². The van der Waals surface area contributed by atoms with Crippen LogP contribution in [0.4, 0.5) is 4.79 Å². The van der Waals surface area contributed by atoms with Gasteiger partial charge in [-0.2, -0.15) is 0 Å². The van der Waals surface area contributed by atoms with Crippen molar-refractivity contribution in [3.63, 3.8) is 0 Å². The maximum Gasteiger partial charge on any atom is 0.318 e. The van der Waals surface area contributed by atoms with Crippen molar-refractivity contribution in [2.75, 3.05) is 33.7 Å². The molecule has 1 aromatic heterocycles. The Morgan fingerprint density at radius 3 is 2.57 bits per heavy atom. The van der Waals surface area contributed by atoms with Crippen LogP contribution >= 0.6 is 11.8 Å². The number of thioether (sulfide) groups is 1. The Bertz CT molecular complexity index is 826. The van der Waals surface area contributed by atoms with Crippen molar-refractivity contribution in [3.8, 4) is 22.9 Å². The van der Waals surface area contributed by atoms with Crippen LogP contribution in [-0.4, -0.2) is 60.4 Å². The average molecular weight is 409 g/mol. The molecule has 2 aromatic rings. The first-order chi connectivity index (χ1) is 13.5. The molecule has 28 heavy (non-hydrogen) atoms. The molecular weight excluding hydrogens is 386 g/mol. The lowest BCUT2D eigenvalue weighted by Gasteiger charge is -2.12. The SMILES string of the molecule is COCCCn1c(SCC(=O)NC(N)=O)nnc1-c1ccc(OC)c(OC)c1. The van der Waals surface area contributed by atoms with Gasteiger partial charge >= 0.3 is 6.03 Å². The highest BCUT2D eigenvalue weighted by Crippen LogP contribution is 2.33. The van der Waals surface area contributed by atoms with Gasteiger partial charge in [0.2, 0.25) is 5.91 Å². The second-order valence-corrected chi connectivity index (χ2v) is 6.52. The Kier molecular flexibility index (Phi) is 8.08. The molecule has 0 radical (unpaired) electrons. The van der Waals surface area contributed by atoms with Crippen molar-refractivity contribution in [1.29, 1.82) is 0 Å². The summed E-state index contributed by atoms with van der Waals surface area (Å²) in [6, 6.07) is 4.56. The molecule has 0 spiro atoms. The summed E-state index contributed by atoms with van der Waals surface area (Å²) in [6.45, 7) is 1.15. The molecule has 11 heteroatoms. The van der Waals surface area contributed by atoms with E-state index >= 15 is 0 Å². The van der Waals surface area contributed by atoms with E-state index in [1.807, 2.05) is 22.0 Å². The number of benzene rings is 1. The number of nitrogens with one attached hydrogen (secondary N) is 1. The fourth-order valence-corrected chi connectivity index (χ4v) is 3.22. The van der Waals surface area contributed by atoms with E-state index in [9.17, 15) is 9.59 Å². The first-order valence-corrected chi connectivity index (χ1v) is 9.35. The van der Waals surface area contributed by atoms with E-state index in [4.69, 9.17) is 19.9 Å². The van der Waals surface area contributed by atoms with Gasteiger partial charge in [-0.3, -0.25) is 10.1 Å². The summed E-state index contributed by atoms with van der Waals surface area (Å²) < 4.78 is 17.6. The summed E-state index contributed by atoms with van der Waals surface area (Å²) in [5, 5.41) is 11.0. The number of hydrogen-bond acceptors (Lipinski definition) is 8. The molecular formula is C17H23N5O5S. The number of rotatable bonds is 10. The molecule has 0 bridgehead atoms. The van der Waals surface area contributed by atoms with E-state index in [0.717, 1.165) is 23.7 Å². The van der Waals surface area contributed by atoms with E-state index in [-0.39, 0.29) is 5.75 Å². The minimum Gasteiger partial charge on any atom is -0.493 e. The third-order valence-corrected chi connectivity index (χ3v) is 4.65. The Hall–Kier alpha value is -2.79. The van der Waals surface area contributed by atoms with Crippen LogP contribution in [0.2, 0.25) is 0 Å². The highest BCUT2D eigenvalue weighted by molar-refractivity contribution is 7.99. The third-order valence-electron chi connectivity index (χ3n) is 3.68. The molecule has 3 N–H and O–H groups in total. The van der Waals surface area contributed by atoms with E-state index in [1.165, 1.54) is 0 Å². The number of nitrogens with zero attached hydrogens (tertiary/aromatic N) is 3. The maximum absolute atomic E-state index is 11.7. The summed E-state index contributed by atoms with van der Waals surface area (Å²) in [6.07, 6.45) is 0.732. The number of methoxy groups -OCH3 is 3. The molecule has 2 rings (SSSR count). The van der Waals surface area contributed by atoms with Crippen molar-refractivity contribution in [3.05, 3.63) is 18.2 Å². The zero-order valence-electron chi connectivity index (χ0n) is 15.9. The summed E-state index contributed by atoms with van der Waals surface area (Å²) in [5.41, 5.74) is 5.74. The van der Waals surface area contributed by atoms with E-state index in [2.05, 4.69) is 10.2 Å². The van der Waals surface area contributed by atoms with Gasteiger partial charge in [-0.25, -0.2) is 4.79 Å². The van der Waals surface area contributed by atoms with Gasteiger partial charge in [-0.1, -0.05) is 11.8 Å². The Balaban J connectivity index is 2.29. The van der Waals surface area contributed by atoms with Crippen LogP contribution in [0.3, 0.4) is 0 Å². The second-order valence-electron chi connectivity index (χ2n) is 5.58. The number of carbonyl (C=O) groups is 2. The smallest absolute Gasteiger partial charge is 0.318 e. The van der Waals surface area contributed by atoms with Crippen LogP contribution in [0.25, 0.3) is 11.4 Å². The third kappa shape index (κ3) is 5.60. The lowest BCUT2D eigenvalue weighted by atomic mass is 10.2. The summed E-state index contributed by atoms with van der Waals surface area (Å²) in [5.74, 6) is 1.28. The number of aromatic nitrogens is 3. The number of amides is 3. The van der Waals surface area contributed by atoms with Crippen LogP contribution in [0.1, 0.15) is 6.42 Å². The van der Waals surface area contributed by atoms with Gasteiger partial charge in [0.25, 0.3) is 0 Å². The predicted molar refractivity (Wildman–Crippen MR) is 104 cm³/mol. The first kappa shape index (κ1) is 21.5. The standard InChI is InChI=1S/C17H23N5O5S/c1-25-8-4-7-22-15(11-5-6-12(26-2)13(9-11)27-3)20-21-17(22)28-10-14(23)19-16(18)24/h5-6,9H,4,7-8,10H2,1-3H3,(H3,18,19,23,24). The monoisotopic (exact) mass is 409 g/mol. The van der Waals surface area contributed by atoms with Crippen LogP contribution < -0.4 is 20.5 Å². The molecule has 0 aliphatic rings. The van der Waals surface area contributed by atoms with Crippen LogP contribution in [-0.2, 0) is 16.1 Å². The van der Waals surface area contributed by atoms with E-state index < -0.39 is 11.9 Å². The minimum atomic E-state index is -0.891. The molecule has 0 saturated heterocycles. The largest absolute Gasteiger partial charge is 0.493 e. The second kappa shape index (κ2) is 10.5. The number of nitrogens with two attached hydrogens (primary N) is 1. The molecule has 0 aliphatic carbocycles. The van der Waals surface area contributed by atoms with Crippen molar-refractivity contribution >= 4 is 23.7 Å². The Morgan fingerprint density at radius 2 is 1.93 bits per heavy atom. The van der Waals surface area contributed by atoms with Gasteiger partial charge in [0.05, 0.1) is 20.0 Å². The van der Waals surface area contributed by atoms with Gasteiger partial charge in [0.1, 0.15) is 0 Å². The van der Waals surface area contributed by atoms with Crippen LogP contribution in [0.15, 0.2) is 23.4 Å². The fraction of sp³-hybridized carbons (Fsp3) is 0.412. The van der Waals surface area contributed by atoms with Crippen LogP contribution in [0.5, 0.6) is 11.5 Å². The molecule has 0 fully saturated rings. The zero-order chi connectivity index (χ0) is 20.5. The van der Waals surface area contributed by atoms with Crippen molar-refractivity contribution in [2.45, 2.75) is 18.1 Å². The number of urea groups is 1. The number of ether oxygens (including phenoxy) is 3. The molecule has 1 heterocycles. The highest BCUT2D eigenvalue weighted by Gasteiger charge is 2.17. The fourth-order valence-electron chi connectivity index (χ4n) is 2.46. The van der Waals surface area contributed by atoms with Crippen molar-refractivity contribution in [2.24, 2.45) is 5.73 Å². The van der Waals surface area contributed by atoms with E-state index in [0.29, 0.717) is 35.6 Å².